The first-order valence-corrected chi connectivity index (χ1v) is 9.42. The molecule has 1 heterocycles. The summed E-state index contributed by atoms with van der Waals surface area (Å²) in [7, 11) is -3.51. The van der Waals surface area contributed by atoms with Crippen molar-refractivity contribution in [3.8, 4) is 11.3 Å². The van der Waals surface area contributed by atoms with Gasteiger partial charge in [-0.15, -0.1) is 0 Å². The summed E-state index contributed by atoms with van der Waals surface area (Å²) in [6.07, 6.45) is 1.19. The van der Waals surface area contributed by atoms with Gasteiger partial charge >= 0.3 is 7.60 Å². The summed E-state index contributed by atoms with van der Waals surface area (Å²) < 4.78 is 24.8. The number of aromatic nitrogens is 1. The van der Waals surface area contributed by atoms with Gasteiger partial charge in [0.25, 0.3) is 0 Å². The zero-order valence-corrected chi connectivity index (χ0v) is 15.3. The number of rotatable bonds is 6. The Kier molecular flexibility index (Phi) is 5.99. The molecule has 0 fully saturated rings. The van der Waals surface area contributed by atoms with Gasteiger partial charge in [-0.3, -0.25) is 9.55 Å². The number of halogens is 1. The molecule has 4 nitrogen and oxygen atoms in total. The fourth-order valence-electron chi connectivity index (χ4n) is 2.17. The van der Waals surface area contributed by atoms with Gasteiger partial charge in [0.15, 0.2) is 0 Å². The number of pyridine rings is 1. The number of nitrogens with zero attached hydrogens (tertiary/aromatic N) is 1. The molecule has 1 aromatic carbocycles. The van der Waals surface area contributed by atoms with Crippen molar-refractivity contribution in [2.75, 3.05) is 0 Å². The molecule has 0 saturated carbocycles. The third-order valence-corrected chi connectivity index (χ3v) is 5.51. The van der Waals surface area contributed by atoms with E-state index >= 15 is 0 Å². The van der Waals surface area contributed by atoms with Crippen molar-refractivity contribution in [2.24, 2.45) is 0 Å². The predicted octanol–water partition coefficient (Wildman–Crippen LogP) is 5.07. The van der Waals surface area contributed by atoms with Gasteiger partial charge in [-0.1, -0.05) is 17.7 Å². The van der Waals surface area contributed by atoms with E-state index in [1.54, 1.807) is 24.4 Å². The van der Waals surface area contributed by atoms with Crippen LogP contribution < -0.4 is 5.30 Å². The van der Waals surface area contributed by atoms with Gasteiger partial charge in [-0.2, -0.15) is 0 Å². The molecule has 0 unspecified atom stereocenters. The average molecular weight is 354 g/mol. The Hall–Kier alpha value is -1.19. The van der Waals surface area contributed by atoms with Crippen molar-refractivity contribution in [2.45, 2.75) is 39.9 Å². The second kappa shape index (κ2) is 7.59. The smallest absolute Gasteiger partial charge is 0.302 e. The molecule has 0 aliphatic carbocycles. The molecule has 0 spiro atoms. The number of benzene rings is 1. The Bertz CT molecular complexity index is 690. The second-order valence-electron chi connectivity index (χ2n) is 5.68. The summed E-state index contributed by atoms with van der Waals surface area (Å²) in [4.78, 5) is 4.33. The normalized spacial score (nSPS) is 12.1. The van der Waals surface area contributed by atoms with Gasteiger partial charge in [0.2, 0.25) is 0 Å². The second-order valence-corrected chi connectivity index (χ2v) is 8.02. The third-order valence-electron chi connectivity index (χ3n) is 2.89. The highest BCUT2D eigenvalue weighted by Gasteiger charge is 2.33. The largest absolute Gasteiger partial charge is 0.362 e. The fraction of sp³-hybridized carbons (Fsp3) is 0.353. The van der Waals surface area contributed by atoms with E-state index < -0.39 is 7.60 Å². The molecule has 0 aliphatic heterocycles. The van der Waals surface area contributed by atoms with Gasteiger partial charge < -0.3 is 9.05 Å². The van der Waals surface area contributed by atoms with E-state index in [0.717, 1.165) is 0 Å². The van der Waals surface area contributed by atoms with Crippen LogP contribution in [0.5, 0.6) is 0 Å². The molecular weight excluding hydrogens is 333 g/mol. The number of hydrogen-bond acceptors (Lipinski definition) is 4. The molecule has 124 valence electrons. The van der Waals surface area contributed by atoms with E-state index in [9.17, 15) is 4.57 Å². The molecule has 2 rings (SSSR count). The van der Waals surface area contributed by atoms with Crippen molar-refractivity contribution in [1.82, 2.24) is 4.98 Å². The molecule has 0 radical (unpaired) electrons. The van der Waals surface area contributed by atoms with Crippen LogP contribution in [-0.4, -0.2) is 17.2 Å². The molecule has 0 aliphatic rings. The maximum absolute atomic E-state index is 13.4. The fourth-order valence-corrected chi connectivity index (χ4v) is 4.46. The first-order valence-electron chi connectivity index (χ1n) is 7.50. The SMILES string of the molecule is CC(C)OP(=O)(OC(C)C)c1ccc(Cl)cc1-c1ccccn1. The van der Waals surface area contributed by atoms with E-state index in [1.165, 1.54) is 0 Å². The molecule has 0 saturated heterocycles. The lowest BCUT2D eigenvalue weighted by molar-refractivity contribution is 0.150. The lowest BCUT2D eigenvalue weighted by Gasteiger charge is -2.24. The van der Waals surface area contributed by atoms with Gasteiger partial charge in [-0.25, -0.2) is 0 Å². The summed E-state index contributed by atoms with van der Waals surface area (Å²) in [5.41, 5.74) is 1.33. The minimum Gasteiger partial charge on any atom is -0.302 e. The highest BCUT2D eigenvalue weighted by Crippen LogP contribution is 2.51. The monoisotopic (exact) mass is 353 g/mol. The van der Waals surface area contributed by atoms with Crippen LogP contribution >= 0.6 is 19.2 Å². The van der Waals surface area contributed by atoms with Crippen molar-refractivity contribution >= 4 is 24.5 Å². The zero-order valence-electron chi connectivity index (χ0n) is 13.7. The number of hydrogen-bond donors (Lipinski definition) is 0. The maximum atomic E-state index is 13.4. The van der Waals surface area contributed by atoms with Crippen LogP contribution in [0.1, 0.15) is 27.7 Å². The predicted molar refractivity (Wildman–Crippen MR) is 94.4 cm³/mol. The Morgan fingerprint density at radius 3 is 2.22 bits per heavy atom. The van der Waals surface area contributed by atoms with Crippen LogP contribution in [0.3, 0.4) is 0 Å². The lowest BCUT2D eigenvalue weighted by atomic mass is 10.1. The van der Waals surface area contributed by atoms with Crippen LogP contribution in [0.25, 0.3) is 11.3 Å². The van der Waals surface area contributed by atoms with Crippen LogP contribution in [0.2, 0.25) is 5.02 Å². The van der Waals surface area contributed by atoms with Crippen molar-refractivity contribution < 1.29 is 13.6 Å². The topological polar surface area (TPSA) is 48.4 Å². The third kappa shape index (κ3) is 4.65. The molecule has 0 atom stereocenters. The van der Waals surface area contributed by atoms with E-state index in [2.05, 4.69) is 4.98 Å². The van der Waals surface area contributed by atoms with Gasteiger partial charge in [0, 0.05) is 16.8 Å². The molecule has 1 aromatic heterocycles. The summed E-state index contributed by atoms with van der Waals surface area (Å²) in [5, 5.41) is 1.01. The highest BCUT2D eigenvalue weighted by molar-refractivity contribution is 7.62. The molecule has 6 heteroatoms. The molecular formula is C17H21ClNO3P. The zero-order chi connectivity index (χ0) is 17.0. The van der Waals surface area contributed by atoms with E-state index in [4.69, 9.17) is 20.6 Å². The quantitative estimate of drug-likeness (QED) is 0.680. The Morgan fingerprint density at radius 1 is 1.04 bits per heavy atom. The molecule has 2 aromatic rings. The maximum Gasteiger partial charge on any atom is 0.362 e. The Morgan fingerprint density at radius 2 is 1.70 bits per heavy atom. The standard InChI is InChI=1S/C17H21ClNO3P/c1-12(2)21-23(20,22-13(3)4)17-9-8-14(18)11-15(17)16-7-5-6-10-19-16/h5-13H,1-4H3. The summed E-state index contributed by atoms with van der Waals surface area (Å²) in [6, 6.07) is 10.6. The van der Waals surface area contributed by atoms with Gasteiger partial charge in [0.1, 0.15) is 0 Å². The van der Waals surface area contributed by atoms with Crippen molar-refractivity contribution in [3.63, 3.8) is 0 Å². The lowest BCUT2D eigenvalue weighted by Crippen LogP contribution is -2.19. The summed E-state index contributed by atoms with van der Waals surface area (Å²) >= 11 is 6.13. The van der Waals surface area contributed by atoms with Crippen LogP contribution in [0.4, 0.5) is 0 Å². The molecule has 0 N–H and O–H groups in total. The van der Waals surface area contributed by atoms with E-state index in [-0.39, 0.29) is 12.2 Å². The summed E-state index contributed by atoms with van der Waals surface area (Å²) in [6.45, 7) is 7.30. The van der Waals surface area contributed by atoms with Crippen molar-refractivity contribution in [1.29, 1.82) is 0 Å². The molecule has 23 heavy (non-hydrogen) atoms. The Labute approximate surface area is 142 Å². The first-order chi connectivity index (χ1) is 10.8. The molecule has 0 amide bonds. The Balaban J connectivity index is 2.62. The van der Waals surface area contributed by atoms with Crippen molar-refractivity contribution in [3.05, 3.63) is 47.6 Å². The van der Waals surface area contributed by atoms with Crippen LogP contribution in [0.15, 0.2) is 42.6 Å². The minimum atomic E-state index is -3.51. The summed E-state index contributed by atoms with van der Waals surface area (Å²) in [5.74, 6) is 0. The minimum absolute atomic E-state index is 0.244. The average Bonchev–Trinajstić information content (AvgIpc) is 2.46. The highest BCUT2D eigenvalue weighted by atomic mass is 35.5. The van der Waals surface area contributed by atoms with E-state index in [1.807, 2.05) is 45.9 Å². The van der Waals surface area contributed by atoms with Crippen LogP contribution in [-0.2, 0) is 13.6 Å². The van der Waals surface area contributed by atoms with Gasteiger partial charge in [-0.05, 0) is 58.0 Å². The van der Waals surface area contributed by atoms with E-state index in [0.29, 0.717) is 21.6 Å². The first kappa shape index (κ1) is 18.2. The molecule has 0 bridgehead atoms. The van der Waals surface area contributed by atoms with Crippen LogP contribution in [0, 0.1) is 0 Å². The van der Waals surface area contributed by atoms with Gasteiger partial charge in [0.05, 0.1) is 23.2 Å².